The summed E-state index contributed by atoms with van der Waals surface area (Å²) < 4.78 is 0. The number of piperidine rings is 1. The van der Waals surface area contributed by atoms with Gasteiger partial charge in [-0.3, -0.25) is 19.5 Å². The summed E-state index contributed by atoms with van der Waals surface area (Å²) in [7, 11) is 0. The van der Waals surface area contributed by atoms with Gasteiger partial charge in [0.25, 0.3) is 0 Å². The Morgan fingerprint density at radius 3 is 2.71 bits per heavy atom. The second-order valence-corrected chi connectivity index (χ2v) is 7.94. The van der Waals surface area contributed by atoms with Gasteiger partial charge in [0, 0.05) is 18.1 Å². The highest BCUT2D eigenvalue weighted by Crippen LogP contribution is 2.26. The van der Waals surface area contributed by atoms with Gasteiger partial charge in [0.15, 0.2) is 0 Å². The summed E-state index contributed by atoms with van der Waals surface area (Å²) in [5, 5.41) is 6.11. The number of anilines is 1. The molecule has 1 aromatic heterocycles. The van der Waals surface area contributed by atoms with E-state index in [0.29, 0.717) is 18.7 Å². The molecule has 8 heteroatoms. The van der Waals surface area contributed by atoms with Crippen molar-refractivity contribution in [2.45, 2.75) is 44.8 Å². The van der Waals surface area contributed by atoms with Gasteiger partial charge in [0.2, 0.25) is 11.8 Å². The molecule has 0 saturated carbocycles. The van der Waals surface area contributed by atoms with Crippen molar-refractivity contribution >= 4 is 23.5 Å². The van der Waals surface area contributed by atoms with Crippen molar-refractivity contribution in [1.29, 1.82) is 0 Å². The first kappa shape index (κ1) is 21.0. The van der Waals surface area contributed by atoms with Gasteiger partial charge in [-0.2, -0.15) is 0 Å². The van der Waals surface area contributed by atoms with E-state index in [2.05, 4.69) is 22.5 Å². The molecular weight excluding hydrogens is 394 g/mol. The van der Waals surface area contributed by atoms with Crippen LogP contribution in [0, 0.1) is 0 Å². The number of nitrogens with zero attached hydrogens (tertiary/aromatic N) is 3. The summed E-state index contributed by atoms with van der Waals surface area (Å²) in [6.07, 6.45) is 5.74. The van der Waals surface area contributed by atoms with Crippen molar-refractivity contribution in [3.05, 3.63) is 59.9 Å². The van der Waals surface area contributed by atoms with Gasteiger partial charge in [-0.25, -0.2) is 4.79 Å². The molecule has 0 spiro atoms. The maximum absolute atomic E-state index is 13.3. The number of pyridine rings is 1. The lowest BCUT2D eigenvalue weighted by Crippen LogP contribution is -2.70. The van der Waals surface area contributed by atoms with Crippen molar-refractivity contribution < 1.29 is 14.4 Å². The molecule has 0 aliphatic carbocycles. The van der Waals surface area contributed by atoms with E-state index >= 15 is 0 Å². The van der Waals surface area contributed by atoms with E-state index in [4.69, 9.17) is 0 Å². The second kappa shape index (κ2) is 9.26. The highest BCUT2D eigenvalue weighted by Gasteiger charge is 2.47. The molecule has 31 heavy (non-hydrogen) atoms. The van der Waals surface area contributed by atoms with Gasteiger partial charge in [-0.1, -0.05) is 25.1 Å². The number of nitrogens with one attached hydrogen (secondary N) is 2. The number of hydrogen-bond donors (Lipinski definition) is 2. The van der Waals surface area contributed by atoms with Crippen LogP contribution in [0.3, 0.4) is 0 Å². The topological polar surface area (TPSA) is 94.6 Å². The summed E-state index contributed by atoms with van der Waals surface area (Å²) in [4.78, 5) is 45.9. The van der Waals surface area contributed by atoms with Gasteiger partial charge in [-0.05, 0) is 55.1 Å². The SMILES string of the molecule is CCc1ccc(NC(=O)CN2C(=O)N(Cc3cccnc3)C(=O)C3NCCCC32)cc1. The minimum absolute atomic E-state index is 0.103. The van der Waals surface area contributed by atoms with Crippen LogP contribution in [0.15, 0.2) is 48.8 Å². The molecule has 4 rings (SSSR count). The molecule has 2 aliphatic rings. The van der Waals surface area contributed by atoms with Crippen LogP contribution in [0.1, 0.15) is 30.9 Å². The number of imide groups is 1. The number of urea groups is 1. The second-order valence-electron chi connectivity index (χ2n) is 7.94. The number of hydrogen-bond acceptors (Lipinski definition) is 5. The summed E-state index contributed by atoms with van der Waals surface area (Å²) in [5.74, 6) is -0.525. The molecule has 3 heterocycles. The Bertz CT molecular complexity index is 947. The number of aryl methyl sites for hydroxylation is 1. The van der Waals surface area contributed by atoms with Crippen LogP contribution in [-0.2, 0) is 22.6 Å². The fraction of sp³-hybridized carbons (Fsp3) is 0.391. The third-order valence-electron chi connectivity index (χ3n) is 5.86. The van der Waals surface area contributed by atoms with Gasteiger partial charge in [0.1, 0.15) is 12.6 Å². The zero-order chi connectivity index (χ0) is 21.8. The van der Waals surface area contributed by atoms with Crippen LogP contribution in [0.2, 0.25) is 0 Å². The molecule has 4 amide bonds. The van der Waals surface area contributed by atoms with E-state index in [-0.39, 0.29) is 30.9 Å². The molecule has 2 atom stereocenters. The Hall–Kier alpha value is -3.26. The van der Waals surface area contributed by atoms with Crippen LogP contribution in [0.25, 0.3) is 0 Å². The van der Waals surface area contributed by atoms with Crippen molar-refractivity contribution in [2.75, 3.05) is 18.4 Å². The van der Waals surface area contributed by atoms with Crippen LogP contribution >= 0.6 is 0 Å². The van der Waals surface area contributed by atoms with Crippen LogP contribution in [-0.4, -0.2) is 57.8 Å². The third-order valence-corrected chi connectivity index (χ3v) is 5.86. The summed E-state index contributed by atoms with van der Waals surface area (Å²) in [5.41, 5.74) is 2.64. The first-order valence-electron chi connectivity index (χ1n) is 10.7. The maximum atomic E-state index is 13.3. The minimum Gasteiger partial charge on any atom is -0.325 e. The quantitative estimate of drug-likeness (QED) is 0.746. The molecule has 2 aromatic rings. The van der Waals surface area contributed by atoms with Gasteiger partial charge in [-0.15, -0.1) is 0 Å². The average Bonchev–Trinajstić information content (AvgIpc) is 2.80. The molecule has 0 radical (unpaired) electrons. The summed E-state index contributed by atoms with van der Waals surface area (Å²) in [6.45, 7) is 2.81. The molecule has 0 bridgehead atoms. The maximum Gasteiger partial charge on any atom is 0.327 e. The standard InChI is InChI=1S/C23H27N5O3/c1-2-16-7-9-18(10-8-16)26-20(29)15-27-19-6-4-12-25-21(19)22(30)28(23(27)31)14-17-5-3-11-24-13-17/h3,5,7-11,13,19,21,25H,2,4,6,12,14-15H2,1H3,(H,26,29). The van der Waals surface area contributed by atoms with E-state index < -0.39 is 12.1 Å². The molecule has 8 nitrogen and oxygen atoms in total. The number of benzene rings is 1. The Labute approximate surface area is 181 Å². The van der Waals surface area contributed by atoms with Crippen LogP contribution < -0.4 is 10.6 Å². The lowest BCUT2D eigenvalue weighted by Gasteiger charge is -2.46. The van der Waals surface area contributed by atoms with Gasteiger partial charge < -0.3 is 15.5 Å². The Balaban J connectivity index is 1.51. The smallest absolute Gasteiger partial charge is 0.325 e. The predicted molar refractivity (Wildman–Crippen MR) is 116 cm³/mol. The van der Waals surface area contributed by atoms with Crippen LogP contribution in [0.4, 0.5) is 10.5 Å². The fourth-order valence-corrected chi connectivity index (χ4v) is 4.20. The molecule has 1 aromatic carbocycles. The lowest BCUT2D eigenvalue weighted by molar-refractivity contribution is -0.138. The highest BCUT2D eigenvalue weighted by molar-refractivity contribution is 6.02. The van der Waals surface area contributed by atoms with Gasteiger partial charge >= 0.3 is 6.03 Å². The number of carbonyl (C=O) groups is 3. The van der Waals surface area contributed by atoms with E-state index in [1.807, 2.05) is 30.3 Å². The number of amides is 4. The van der Waals surface area contributed by atoms with E-state index in [1.165, 1.54) is 15.4 Å². The molecule has 162 valence electrons. The molecule has 2 unspecified atom stereocenters. The number of carbonyl (C=O) groups excluding carboxylic acids is 3. The number of aromatic nitrogens is 1. The first-order chi connectivity index (χ1) is 15.1. The largest absolute Gasteiger partial charge is 0.327 e. The Morgan fingerprint density at radius 1 is 1.19 bits per heavy atom. The van der Waals surface area contributed by atoms with Crippen LogP contribution in [0.5, 0.6) is 0 Å². The minimum atomic E-state index is -0.500. The Kier molecular flexibility index (Phi) is 6.27. The normalized spacial score (nSPS) is 21.1. The highest BCUT2D eigenvalue weighted by atomic mass is 16.2. The summed E-state index contributed by atoms with van der Waals surface area (Å²) in [6, 6.07) is 9.99. The van der Waals surface area contributed by atoms with Crippen molar-refractivity contribution in [3.63, 3.8) is 0 Å². The fourth-order valence-electron chi connectivity index (χ4n) is 4.20. The average molecular weight is 422 g/mol. The zero-order valence-corrected chi connectivity index (χ0v) is 17.6. The zero-order valence-electron chi connectivity index (χ0n) is 17.6. The molecule has 2 N–H and O–H groups in total. The first-order valence-corrected chi connectivity index (χ1v) is 10.7. The molecule has 2 fully saturated rings. The molecule has 2 saturated heterocycles. The summed E-state index contributed by atoms with van der Waals surface area (Å²) >= 11 is 0. The molecular formula is C23H27N5O3. The monoisotopic (exact) mass is 421 g/mol. The molecule has 2 aliphatic heterocycles. The van der Waals surface area contributed by atoms with Gasteiger partial charge in [0.05, 0.1) is 12.6 Å². The van der Waals surface area contributed by atoms with Crippen molar-refractivity contribution in [3.8, 4) is 0 Å². The van der Waals surface area contributed by atoms with E-state index in [9.17, 15) is 14.4 Å². The third kappa shape index (κ3) is 4.59. The van der Waals surface area contributed by atoms with Crippen molar-refractivity contribution in [1.82, 2.24) is 20.1 Å². The Morgan fingerprint density at radius 2 is 2.00 bits per heavy atom. The van der Waals surface area contributed by atoms with E-state index in [0.717, 1.165) is 18.4 Å². The lowest BCUT2D eigenvalue weighted by atomic mass is 9.93. The number of fused-ring (bicyclic) bond motifs is 1. The number of rotatable bonds is 6. The predicted octanol–water partition coefficient (Wildman–Crippen LogP) is 2.17. The van der Waals surface area contributed by atoms with Crippen molar-refractivity contribution in [2.24, 2.45) is 0 Å². The van der Waals surface area contributed by atoms with E-state index in [1.54, 1.807) is 18.5 Å².